The normalized spacial score (nSPS) is 24.0. The van der Waals surface area contributed by atoms with Crippen molar-refractivity contribution < 1.29 is 19.1 Å². The van der Waals surface area contributed by atoms with E-state index in [4.69, 9.17) is 9.47 Å². The highest BCUT2D eigenvalue weighted by molar-refractivity contribution is 5.94. The minimum atomic E-state index is -0.107. The van der Waals surface area contributed by atoms with Crippen molar-refractivity contribution in [1.29, 1.82) is 0 Å². The van der Waals surface area contributed by atoms with Crippen LogP contribution in [0.3, 0.4) is 0 Å². The maximum absolute atomic E-state index is 12.7. The number of hydrogen-bond acceptors (Lipinski definition) is 5. The molecule has 0 N–H and O–H groups in total. The van der Waals surface area contributed by atoms with E-state index in [1.54, 1.807) is 12.1 Å². The molecule has 2 bridgehead atoms. The number of rotatable bonds is 4. The Balaban J connectivity index is 1.87. The Morgan fingerprint density at radius 3 is 2.76 bits per heavy atom. The molecule has 112 valence electrons. The smallest absolute Gasteiger partial charge is 0.273 e. The quantitative estimate of drug-likeness (QED) is 0.782. The Labute approximate surface area is 123 Å². The first-order valence-corrected chi connectivity index (χ1v) is 7.24. The van der Waals surface area contributed by atoms with Gasteiger partial charge in [-0.3, -0.25) is 9.59 Å². The van der Waals surface area contributed by atoms with Crippen molar-refractivity contribution in [2.75, 3.05) is 19.8 Å². The summed E-state index contributed by atoms with van der Waals surface area (Å²) in [6.07, 6.45) is 2.63. The number of pyridine rings is 1. The molecule has 6 heteroatoms. The molecule has 0 aliphatic carbocycles. The van der Waals surface area contributed by atoms with Gasteiger partial charge in [-0.15, -0.1) is 0 Å². The number of amides is 1. The summed E-state index contributed by atoms with van der Waals surface area (Å²) in [4.78, 5) is 29.7. The number of ether oxygens (including phenoxy) is 2. The van der Waals surface area contributed by atoms with E-state index in [9.17, 15) is 9.59 Å². The minimum Gasteiger partial charge on any atom is -0.477 e. The Kier molecular flexibility index (Phi) is 3.88. The lowest BCUT2D eigenvalue weighted by Gasteiger charge is -2.34. The van der Waals surface area contributed by atoms with Gasteiger partial charge in [-0.2, -0.15) is 0 Å². The fourth-order valence-electron chi connectivity index (χ4n) is 3.00. The van der Waals surface area contributed by atoms with Gasteiger partial charge in [0.25, 0.3) is 5.91 Å². The van der Waals surface area contributed by atoms with Crippen LogP contribution in [0.5, 0.6) is 5.88 Å². The SMILES string of the molecule is CCOc1nc(C(=O)N2C3CCC2COC3)ccc1C=O. The third kappa shape index (κ3) is 2.51. The molecule has 3 heterocycles. The van der Waals surface area contributed by atoms with Gasteiger partial charge in [-0.25, -0.2) is 4.98 Å². The van der Waals surface area contributed by atoms with Gasteiger partial charge in [0.15, 0.2) is 6.29 Å². The predicted octanol–water partition coefficient (Wildman–Crippen LogP) is 1.30. The van der Waals surface area contributed by atoms with Gasteiger partial charge in [0.1, 0.15) is 5.69 Å². The second kappa shape index (κ2) is 5.81. The monoisotopic (exact) mass is 290 g/mol. The molecule has 1 aromatic heterocycles. The molecule has 2 aliphatic heterocycles. The molecule has 2 aliphatic rings. The summed E-state index contributed by atoms with van der Waals surface area (Å²) in [5.41, 5.74) is 0.682. The summed E-state index contributed by atoms with van der Waals surface area (Å²) in [6, 6.07) is 3.45. The van der Waals surface area contributed by atoms with Crippen LogP contribution < -0.4 is 4.74 Å². The summed E-state index contributed by atoms with van der Waals surface area (Å²) in [6.45, 7) is 3.39. The maximum Gasteiger partial charge on any atom is 0.273 e. The molecule has 0 saturated carbocycles. The maximum atomic E-state index is 12.7. The molecule has 2 fully saturated rings. The second-order valence-corrected chi connectivity index (χ2v) is 5.28. The summed E-state index contributed by atoms with van der Waals surface area (Å²) in [5, 5.41) is 0. The van der Waals surface area contributed by atoms with Gasteiger partial charge < -0.3 is 14.4 Å². The zero-order valence-corrected chi connectivity index (χ0v) is 11.9. The molecule has 1 aromatic rings. The number of morpholine rings is 1. The molecule has 0 aromatic carbocycles. The van der Waals surface area contributed by atoms with Crippen LogP contribution >= 0.6 is 0 Å². The van der Waals surface area contributed by atoms with Crippen LogP contribution in [0.15, 0.2) is 12.1 Å². The van der Waals surface area contributed by atoms with Gasteiger partial charge in [0, 0.05) is 0 Å². The first-order valence-electron chi connectivity index (χ1n) is 7.24. The zero-order valence-electron chi connectivity index (χ0n) is 11.9. The molecule has 2 saturated heterocycles. The van der Waals surface area contributed by atoms with Gasteiger partial charge >= 0.3 is 0 Å². The number of hydrogen-bond donors (Lipinski definition) is 0. The molecule has 21 heavy (non-hydrogen) atoms. The van der Waals surface area contributed by atoms with Crippen LogP contribution in [0.1, 0.15) is 40.6 Å². The van der Waals surface area contributed by atoms with Crippen LogP contribution in [0, 0.1) is 0 Å². The van der Waals surface area contributed by atoms with Crippen LogP contribution in [-0.4, -0.2) is 54.0 Å². The number of carbonyl (C=O) groups is 2. The Morgan fingerprint density at radius 1 is 1.43 bits per heavy atom. The van der Waals surface area contributed by atoms with Crippen LogP contribution in [0.4, 0.5) is 0 Å². The number of aldehydes is 1. The number of nitrogens with zero attached hydrogens (tertiary/aromatic N) is 2. The fraction of sp³-hybridized carbons (Fsp3) is 0.533. The summed E-state index contributed by atoms with van der Waals surface area (Å²) >= 11 is 0. The average molecular weight is 290 g/mol. The number of carbonyl (C=O) groups excluding carboxylic acids is 2. The molecule has 0 spiro atoms. The van der Waals surface area contributed by atoms with Gasteiger partial charge in [0.2, 0.25) is 5.88 Å². The highest BCUT2D eigenvalue weighted by Crippen LogP contribution is 2.30. The predicted molar refractivity (Wildman–Crippen MR) is 74.6 cm³/mol. The molecule has 1 amide bonds. The van der Waals surface area contributed by atoms with Crippen molar-refractivity contribution in [3.8, 4) is 5.88 Å². The van der Waals surface area contributed by atoms with E-state index in [-0.39, 0.29) is 23.9 Å². The summed E-state index contributed by atoms with van der Waals surface area (Å²) < 4.78 is 10.8. The van der Waals surface area contributed by atoms with Crippen molar-refractivity contribution in [1.82, 2.24) is 9.88 Å². The number of fused-ring (bicyclic) bond motifs is 2. The summed E-state index contributed by atoms with van der Waals surface area (Å²) in [5.74, 6) is 0.114. The van der Waals surface area contributed by atoms with Crippen molar-refractivity contribution in [3.05, 3.63) is 23.4 Å². The van der Waals surface area contributed by atoms with E-state index >= 15 is 0 Å². The first-order chi connectivity index (χ1) is 10.2. The summed E-state index contributed by atoms with van der Waals surface area (Å²) in [7, 11) is 0. The Morgan fingerprint density at radius 2 is 2.14 bits per heavy atom. The van der Waals surface area contributed by atoms with Crippen molar-refractivity contribution in [3.63, 3.8) is 0 Å². The average Bonchev–Trinajstić information content (AvgIpc) is 2.75. The lowest BCUT2D eigenvalue weighted by Crippen LogP contribution is -2.49. The largest absolute Gasteiger partial charge is 0.477 e. The third-order valence-electron chi connectivity index (χ3n) is 3.99. The molecular formula is C15H18N2O4. The minimum absolute atomic E-state index is 0.107. The highest BCUT2D eigenvalue weighted by atomic mass is 16.5. The Bertz CT molecular complexity index is 545. The van der Waals surface area contributed by atoms with E-state index in [0.717, 1.165) is 12.8 Å². The van der Waals surface area contributed by atoms with Crippen LogP contribution in [0.25, 0.3) is 0 Å². The molecular weight excluding hydrogens is 272 g/mol. The molecule has 2 unspecified atom stereocenters. The Hall–Kier alpha value is -1.95. The molecule has 3 rings (SSSR count). The second-order valence-electron chi connectivity index (χ2n) is 5.28. The highest BCUT2D eigenvalue weighted by Gasteiger charge is 2.41. The van der Waals surface area contributed by atoms with E-state index in [1.807, 2.05) is 11.8 Å². The zero-order chi connectivity index (χ0) is 14.8. The van der Waals surface area contributed by atoms with Crippen molar-refractivity contribution >= 4 is 12.2 Å². The standard InChI is InChI=1S/C15H18N2O4/c1-2-21-14-10(7-18)3-6-13(16-14)15(19)17-11-4-5-12(17)9-20-8-11/h3,6-7,11-12H,2,4-5,8-9H2,1H3. The van der Waals surface area contributed by atoms with Gasteiger partial charge in [0.05, 0.1) is 37.5 Å². The molecule has 0 radical (unpaired) electrons. The molecule has 6 nitrogen and oxygen atoms in total. The van der Waals surface area contributed by atoms with E-state index in [0.29, 0.717) is 37.4 Å². The van der Waals surface area contributed by atoms with Crippen LogP contribution in [0.2, 0.25) is 0 Å². The topological polar surface area (TPSA) is 68.7 Å². The van der Waals surface area contributed by atoms with Crippen molar-refractivity contribution in [2.24, 2.45) is 0 Å². The van der Waals surface area contributed by atoms with E-state index in [1.165, 1.54) is 0 Å². The molecule has 2 atom stereocenters. The lowest BCUT2D eigenvalue weighted by molar-refractivity contribution is -0.00750. The lowest BCUT2D eigenvalue weighted by atomic mass is 10.2. The number of aromatic nitrogens is 1. The third-order valence-corrected chi connectivity index (χ3v) is 3.99. The first kappa shape index (κ1) is 14.0. The van der Waals surface area contributed by atoms with E-state index < -0.39 is 0 Å². The fourth-order valence-corrected chi connectivity index (χ4v) is 3.00. The van der Waals surface area contributed by atoms with E-state index in [2.05, 4.69) is 4.98 Å². The van der Waals surface area contributed by atoms with Gasteiger partial charge in [-0.05, 0) is 31.9 Å². The van der Waals surface area contributed by atoms with Crippen LogP contribution in [-0.2, 0) is 4.74 Å². The van der Waals surface area contributed by atoms with Crippen molar-refractivity contribution in [2.45, 2.75) is 31.8 Å². The van der Waals surface area contributed by atoms with Gasteiger partial charge in [-0.1, -0.05) is 0 Å².